The zero-order chi connectivity index (χ0) is 19.8. The third-order valence-electron chi connectivity index (χ3n) is 5.25. The summed E-state index contributed by atoms with van der Waals surface area (Å²) < 4.78 is 32.6. The molecule has 1 N–H and O–H groups in total. The minimum atomic E-state index is -3.26. The second-order valence-corrected chi connectivity index (χ2v) is 9.27. The molecule has 1 aliphatic heterocycles. The van der Waals surface area contributed by atoms with Gasteiger partial charge < -0.3 is 4.74 Å². The SMILES string of the molecule is COc1ccc(CCS(=O)(=O)NCC2CCN(Cc3cccnc3)CC2)cc1. The van der Waals surface area contributed by atoms with Gasteiger partial charge in [-0.2, -0.15) is 0 Å². The lowest BCUT2D eigenvalue weighted by Gasteiger charge is -2.31. The number of rotatable bonds is 9. The van der Waals surface area contributed by atoms with Crippen molar-refractivity contribution in [1.29, 1.82) is 0 Å². The topological polar surface area (TPSA) is 71.5 Å². The number of ether oxygens (including phenoxy) is 1. The fourth-order valence-corrected chi connectivity index (χ4v) is 4.60. The van der Waals surface area contributed by atoms with Crippen LogP contribution in [0.25, 0.3) is 0 Å². The Bertz CT molecular complexity index is 818. The molecular weight excluding hydrogens is 374 g/mol. The van der Waals surface area contributed by atoms with Crippen molar-refractivity contribution in [2.75, 3.05) is 32.5 Å². The Balaban J connectivity index is 1.37. The zero-order valence-electron chi connectivity index (χ0n) is 16.4. The molecule has 0 atom stereocenters. The van der Waals surface area contributed by atoms with Gasteiger partial charge in [0.25, 0.3) is 0 Å². The van der Waals surface area contributed by atoms with Crippen LogP contribution in [-0.2, 0) is 23.0 Å². The molecule has 28 heavy (non-hydrogen) atoms. The van der Waals surface area contributed by atoms with Gasteiger partial charge in [0.2, 0.25) is 10.0 Å². The van der Waals surface area contributed by atoms with Gasteiger partial charge in [0.05, 0.1) is 12.9 Å². The number of pyridine rings is 1. The Kier molecular flexibility index (Phi) is 7.42. The lowest BCUT2D eigenvalue weighted by atomic mass is 9.97. The number of nitrogens with zero attached hydrogens (tertiary/aromatic N) is 2. The minimum absolute atomic E-state index is 0.110. The van der Waals surface area contributed by atoms with Gasteiger partial charge in [-0.3, -0.25) is 9.88 Å². The fraction of sp³-hybridized carbons (Fsp3) is 0.476. The second-order valence-electron chi connectivity index (χ2n) is 7.35. The molecule has 1 aromatic carbocycles. The van der Waals surface area contributed by atoms with Crippen LogP contribution in [0.5, 0.6) is 5.75 Å². The smallest absolute Gasteiger partial charge is 0.211 e. The molecule has 7 heteroatoms. The van der Waals surface area contributed by atoms with Crippen LogP contribution in [0.1, 0.15) is 24.0 Å². The van der Waals surface area contributed by atoms with E-state index < -0.39 is 10.0 Å². The summed E-state index contributed by atoms with van der Waals surface area (Å²) in [5.74, 6) is 1.29. The molecule has 0 unspecified atom stereocenters. The average Bonchev–Trinajstić information content (AvgIpc) is 2.73. The van der Waals surface area contributed by atoms with Gasteiger partial charge in [0.1, 0.15) is 5.75 Å². The summed E-state index contributed by atoms with van der Waals surface area (Å²) in [6.45, 7) is 3.43. The standard InChI is InChI=1S/C21H29N3O3S/c1-27-21-6-4-18(5-7-21)10-14-28(25,26)23-16-19-8-12-24(13-9-19)17-20-3-2-11-22-15-20/h2-7,11,15,19,23H,8-10,12-14,16-17H2,1H3. The molecule has 0 bridgehead atoms. The normalized spacial score (nSPS) is 16.2. The predicted octanol–water partition coefficient (Wildman–Crippen LogP) is 2.46. The zero-order valence-corrected chi connectivity index (χ0v) is 17.2. The van der Waals surface area contributed by atoms with Gasteiger partial charge in [-0.15, -0.1) is 0 Å². The number of sulfonamides is 1. The summed E-state index contributed by atoms with van der Waals surface area (Å²) in [6.07, 6.45) is 6.23. The van der Waals surface area contributed by atoms with Gasteiger partial charge in [0, 0.05) is 25.5 Å². The molecule has 2 aromatic rings. The molecule has 1 fully saturated rings. The molecular formula is C21H29N3O3S. The highest BCUT2D eigenvalue weighted by atomic mass is 32.2. The van der Waals surface area contributed by atoms with Crippen LogP contribution in [0, 0.1) is 5.92 Å². The molecule has 1 saturated heterocycles. The number of likely N-dealkylation sites (tertiary alicyclic amines) is 1. The number of nitrogens with one attached hydrogen (secondary N) is 1. The summed E-state index contributed by atoms with van der Waals surface area (Å²) in [7, 11) is -1.64. The Hall–Kier alpha value is -1.96. The highest BCUT2D eigenvalue weighted by molar-refractivity contribution is 7.89. The van der Waals surface area contributed by atoms with Crippen molar-refractivity contribution in [3.8, 4) is 5.75 Å². The van der Waals surface area contributed by atoms with Crippen LogP contribution >= 0.6 is 0 Å². The molecule has 0 spiro atoms. The molecule has 6 nitrogen and oxygen atoms in total. The summed E-state index contributed by atoms with van der Waals surface area (Å²) in [4.78, 5) is 6.57. The van der Waals surface area contributed by atoms with Crippen molar-refractivity contribution in [3.05, 3.63) is 59.9 Å². The molecule has 0 amide bonds. The molecule has 1 aromatic heterocycles. The summed E-state index contributed by atoms with van der Waals surface area (Å²) in [5, 5.41) is 0. The Labute approximate surface area is 168 Å². The van der Waals surface area contributed by atoms with E-state index in [4.69, 9.17) is 4.74 Å². The van der Waals surface area contributed by atoms with Crippen molar-refractivity contribution < 1.29 is 13.2 Å². The van der Waals surface area contributed by atoms with Gasteiger partial charge in [0.15, 0.2) is 0 Å². The summed E-state index contributed by atoms with van der Waals surface area (Å²) >= 11 is 0. The fourth-order valence-electron chi connectivity index (χ4n) is 3.46. The number of aryl methyl sites for hydroxylation is 1. The first-order valence-electron chi connectivity index (χ1n) is 9.75. The lowest BCUT2D eigenvalue weighted by molar-refractivity contribution is 0.178. The molecule has 0 aliphatic carbocycles. The molecule has 3 rings (SSSR count). The van der Waals surface area contributed by atoms with Crippen LogP contribution in [-0.4, -0.2) is 50.8 Å². The Morgan fingerprint density at radius 2 is 1.89 bits per heavy atom. The molecule has 152 valence electrons. The van der Waals surface area contributed by atoms with Crippen molar-refractivity contribution >= 4 is 10.0 Å². The molecule has 2 heterocycles. The maximum absolute atomic E-state index is 12.3. The Morgan fingerprint density at radius 3 is 2.54 bits per heavy atom. The van der Waals surface area contributed by atoms with Gasteiger partial charge in [-0.1, -0.05) is 18.2 Å². The largest absolute Gasteiger partial charge is 0.497 e. The van der Waals surface area contributed by atoms with Gasteiger partial charge >= 0.3 is 0 Å². The molecule has 1 aliphatic rings. The maximum atomic E-state index is 12.3. The third kappa shape index (κ3) is 6.58. The van der Waals surface area contributed by atoms with Crippen molar-refractivity contribution in [3.63, 3.8) is 0 Å². The van der Waals surface area contributed by atoms with E-state index >= 15 is 0 Å². The number of methoxy groups -OCH3 is 1. The number of hydrogen-bond acceptors (Lipinski definition) is 5. The summed E-state index contributed by atoms with van der Waals surface area (Å²) in [5.41, 5.74) is 2.22. The average molecular weight is 404 g/mol. The first-order chi connectivity index (χ1) is 13.5. The number of piperidine rings is 1. The second kappa shape index (κ2) is 10.0. The molecule has 0 radical (unpaired) electrons. The maximum Gasteiger partial charge on any atom is 0.211 e. The van der Waals surface area contributed by atoms with E-state index in [1.54, 1.807) is 13.3 Å². The monoisotopic (exact) mass is 403 g/mol. The Morgan fingerprint density at radius 1 is 1.14 bits per heavy atom. The number of benzene rings is 1. The van der Waals surface area contributed by atoms with E-state index in [0.29, 0.717) is 18.9 Å². The van der Waals surface area contributed by atoms with Crippen molar-refractivity contribution in [2.45, 2.75) is 25.8 Å². The summed E-state index contributed by atoms with van der Waals surface area (Å²) in [6, 6.07) is 11.6. The van der Waals surface area contributed by atoms with Crippen LogP contribution in [0.4, 0.5) is 0 Å². The van der Waals surface area contributed by atoms with E-state index in [0.717, 1.165) is 43.8 Å². The van der Waals surface area contributed by atoms with Crippen LogP contribution < -0.4 is 9.46 Å². The highest BCUT2D eigenvalue weighted by Crippen LogP contribution is 2.18. The number of hydrogen-bond donors (Lipinski definition) is 1. The van der Waals surface area contributed by atoms with E-state index in [1.807, 2.05) is 36.5 Å². The molecule has 0 saturated carbocycles. The minimum Gasteiger partial charge on any atom is -0.497 e. The van der Waals surface area contributed by atoms with E-state index in [1.165, 1.54) is 5.56 Å². The first kappa shape index (κ1) is 20.8. The highest BCUT2D eigenvalue weighted by Gasteiger charge is 2.21. The van der Waals surface area contributed by atoms with Crippen LogP contribution in [0.3, 0.4) is 0 Å². The lowest BCUT2D eigenvalue weighted by Crippen LogP contribution is -2.39. The quantitative estimate of drug-likeness (QED) is 0.696. The van der Waals surface area contributed by atoms with Crippen LogP contribution in [0.15, 0.2) is 48.8 Å². The van der Waals surface area contributed by atoms with E-state index in [-0.39, 0.29) is 5.75 Å². The van der Waals surface area contributed by atoms with Gasteiger partial charge in [-0.05, 0) is 67.6 Å². The van der Waals surface area contributed by atoms with Crippen LogP contribution in [0.2, 0.25) is 0 Å². The van der Waals surface area contributed by atoms with Gasteiger partial charge in [-0.25, -0.2) is 13.1 Å². The van der Waals surface area contributed by atoms with Crippen molar-refractivity contribution in [2.24, 2.45) is 5.92 Å². The third-order valence-corrected chi connectivity index (χ3v) is 6.59. The number of aromatic nitrogens is 1. The predicted molar refractivity (Wildman–Crippen MR) is 111 cm³/mol. The van der Waals surface area contributed by atoms with E-state index in [2.05, 4.69) is 20.7 Å². The first-order valence-corrected chi connectivity index (χ1v) is 11.4. The van der Waals surface area contributed by atoms with Crippen molar-refractivity contribution in [1.82, 2.24) is 14.6 Å². The van der Waals surface area contributed by atoms with E-state index in [9.17, 15) is 8.42 Å².